The first-order valence-electron chi connectivity index (χ1n) is 10.5. The number of anilines is 1. The Hall–Kier alpha value is -2.36. The van der Waals surface area contributed by atoms with Gasteiger partial charge in [0.1, 0.15) is 10.5 Å². The number of sulfonamides is 1. The molecule has 0 aliphatic carbocycles. The molecule has 1 saturated heterocycles. The lowest BCUT2D eigenvalue weighted by Gasteiger charge is -2.31. The van der Waals surface area contributed by atoms with E-state index in [1.807, 2.05) is 13.0 Å². The van der Waals surface area contributed by atoms with E-state index < -0.39 is 16.0 Å². The molecule has 174 valence electrons. The summed E-state index contributed by atoms with van der Waals surface area (Å²) in [7, 11) is -3.93. The van der Waals surface area contributed by atoms with Crippen LogP contribution in [0.3, 0.4) is 0 Å². The molecule has 3 rings (SSSR count). The van der Waals surface area contributed by atoms with E-state index in [0.29, 0.717) is 34.9 Å². The number of ether oxygens (including phenoxy) is 1. The molecule has 8 nitrogen and oxygen atoms in total. The van der Waals surface area contributed by atoms with Crippen molar-refractivity contribution in [2.24, 2.45) is 5.92 Å². The predicted octanol–water partition coefficient (Wildman–Crippen LogP) is 3.81. The van der Waals surface area contributed by atoms with Crippen molar-refractivity contribution in [1.82, 2.24) is 9.29 Å². The number of hydrogen-bond acceptors (Lipinski definition) is 5. The van der Waals surface area contributed by atoms with Crippen molar-refractivity contribution in [3.05, 3.63) is 45.7 Å². The summed E-state index contributed by atoms with van der Waals surface area (Å²) in [5.41, 5.74) is 2.43. The van der Waals surface area contributed by atoms with Gasteiger partial charge in [0, 0.05) is 41.1 Å². The number of rotatable bonds is 6. The molecule has 1 amide bonds. The van der Waals surface area contributed by atoms with E-state index in [9.17, 15) is 18.0 Å². The summed E-state index contributed by atoms with van der Waals surface area (Å²) < 4.78 is 33.2. The van der Waals surface area contributed by atoms with Crippen LogP contribution in [0.15, 0.2) is 23.1 Å². The van der Waals surface area contributed by atoms with E-state index >= 15 is 0 Å². The van der Waals surface area contributed by atoms with Crippen LogP contribution in [0.2, 0.25) is 5.02 Å². The van der Waals surface area contributed by atoms with Gasteiger partial charge in [-0.05, 0) is 58.2 Å². The number of benzene rings is 1. The van der Waals surface area contributed by atoms with Gasteiger partial charge in [-0.25, -0.2) is 13.2 Å². The topological polar surface area (TPSA) is 109 Å². The molecule has 1 aromatic carbocycles. The van der Waals surface area contributed by atoms with E-state index in [1.54, 1.807) is 32.9 Å². The number of nitrogens with one attached hydrogen (secondary N) is 2. The Morgan fingerprint density at radius 1 is 1.19 bits per heavy atom. The molecule has 1 fully saturated rings. The number of aryl methyl sites for hydroxylation is 3. The minimum absolute atomic E-state index is 0.0423. The van der Waals surface area contributed by atoms with E-state index in [1.165, 1.54) is 4.31 Å². The summed E-state index contributed by atoms with van der Waals surface area (Å²) >= 11 is 6.02. The van der Waals surface area contributed by atoms with Crippen molar-refractivity contribution in [1.29, 1.82) is 0 Å². The standard InChI is InChI=1S/C22H28ClN3O5S/c1-5-31-22(28)19-14(3)24-15(4)20(19)32(29,30)26-10-8-16(9-11-26)21(27)25-18-12-17(23)7-6-13(18)2/h6-7,12,16,24H,5,8-11H2,1-4H3,(H,25,27). The number of amides is 1. The third-order valence-electron chi connectivity index (χ3n) is 5.68. The van der Waals surface area contributed by atoms with Crippen molar-refractivity contribution >= 4 is 39.2 Å². The maximum atomic E-state index is 13.4. The van der Waals surface area contributed by atoms with Crippen molar-refractivity contribution in [3.8, 4) is 0 Å². The quantitative estimate of drug-likeness (QED) is 0.610. The first-order chi connectivity index (χ1) is 15.1. The SMILES string of the molecule is CCOC(=O)c1c(C)[nH]c(C)c1S(=O)(=O)N1CCC(C(=O)Nc2cc(Cl)ccc2C)CC1. The number of esters is 1. The largest absolute Gasteiger partial charge is 0.462 e. The van der Waals surface area contributed by atoms with Crippen LogP contribution in [-0.2, 0) is 19.6 Å². The Morgan fingerprint density at radius 2 is 1.84 bits per heavy atom. The van der Waals surface area contributed by atoms with Gasteiger partial charge in [0.05, 0.1) is 6.61 Å². The lowest BCUT2D eigenvalue weighted by molar-refractivity contribution is -0.120. The zero-order chi connectivity index (χ0) is 23.6. The molecule has 2 heterocycles. The van der Waals surface area contributed by atoms with Gasteiger partial charge in [0.15, 0.2) is 0 Å². The second-order valence-electron chi connectivity index (χ2n) is 7.93. The first kappa shape index (κ1) is 24.3. The van der Waals surface area contributed by atoms with Crippen LogP contribution in [0.1, 0.15) is 47.1 Å². The fraction of sp³-hybridized carbons (Fsp3) is 0.455. The average Bonchev–Trinajstić information content (AvgIpc) is 3.05. The van der Waals surface area contributed by atoms with E-state index in [-0.39, 0.29) is 42.0 Å². The van der Waals surface area contributed by atoms with Crippen LogP contribution in [0, 0.1) is 26.7 Å². The van der Waals surface area contributed by atoms with Gasteiger partial charge in [-0.1, -0.05) is 17.7 Å². The molecule has 10 heteroatoms. The maximum absolute atomic E-state index is 13.4. The van der Waals surface area contributed by atoms with Crippen molar-refractivity contribution in [2.45, 2.75) is 45.4 Å². The molecule has 0 atom stereocenters. The van der Waals surface area contributed by atoms with Gasteiger partial charge >= 0.3 is 5.97 Å². The van der Waals surface area contributed by atoms with Gasteiger partial charge in [-0.3, -0.25) is 4.79 Å². The highest BCUT2D eigenvalue weighted by Crippen LogP contribution is 2.31. The molecular weight excluding hydrogens is 454 g/mol. The van der Waals surface area contributed by atoms with Gasteiger partial charge < -0.3 is 15.0 Å². The Bertz CT molecular complexity index is 1130. The highest BCUT2D eigenvalue weighted by Gasteiger charge is 2.37. The molecule has 1 aliphatic heterocycles. The third-order valence-corrected chi connectivity index (χ3v) is 7.98. The Morgan fingerprint density at radius 3 is 2.47 bits per heavy atom. The fourth-order valence-electron chi connectivity index (χ4n) is 3.98. The lowest BCUT2D eigenvalue weighted by atomic mass is 9.97. The van der Waals surface area contributed by atoms with Crippen molar-refractivity contribution < 1.29 is 22.7 Å². The number of halogens is 1. The molecule has 2 N–H and O–H groups in total. The normalized spacial score (nSPS) is 15.5. The highest BCUT2D eigenvalue weighted by atomic mass is 35.5. The molecule has 0 radical (unpaired) electrons. The summed E-state index contributed by atoms with van der Waals surface area (Å²) in [5.74, 6) is -1.15. The second kappa shape index (κ2) is 9.64. The first-order valence-corrected chi connectivity index (χ1v) is 12.3. The van der Waals surface area contributed by atoms with Crippen LogP contribution in [-0.4, -0.2) is 49.3 Å². The number of carbonyl (C=O) groups is 2. The van der Waals surface area contributed by atoms with Crippen LogP contribution < -0.4 is 5.32 Å². The Labute approximate surface area is 193 Å². The molecule has 0 unspecified atom stereocenters. The summed E-state index contributed by atoms with van der Waals surface area (Å²) in [6.07, 6.45) is 0.754. The van der Waals surface area contributed by atoms with Crippen LogP contribution in [0.4, 0.5) is 5.69 Å². The van der Waals surface area contributed by atoms with Crippen LogP contribution in [0.25, 0.3) is 0 Å². The summed E-state index contributed by atoms with van der Waals surface area (Å²) in [4.78, 5) is 28.0. The predicted molar refractivity (Wildman–Crippen MR) is 123 cm³/mol. The van der Waals surface area contributed by atoms with Crippen LogP contribution >= 0.6 is 11.6 Å². The number of aromatic amines is 1. The van der Waals surface area contributed by atoms with Gasteiger partial charge in [0.2, 0.25) is 15.9 Å². The Balaban J connectivity index is 1.74. The zero-order valence-corrected chi connectivity index (χ0v) is 20.2. The maximum Gasteiger partial charge on any atom is 0.341 e. The van der Waals surface area contributed by atoms with Crippen molar-refractivity contribution in [2.75, 3.05) is 25.0 Å². The minimum atomic E-state index is -3.93. The van der Waals surface area contributed by atoms with Gasteiger partial charge in [-0.2, -0.15) is 4.31 Å². The van der Waals surface area contributed by atoms with Crippen LogP contribution in [0.5, 0.6) is 0 Å². The zero-order valence-electron chi connectivity index (χ0n) is 18.6. The van der Waals surface area contributed by atoms with Crippen molar-refractivity contribution in [3.63, 3.8) is 0 Å². The average molecular weight is 482 g/mol. The molecule has 1 aromatic heterocycles. The van der Waals surface area contributed by atoms with Gasteiger partial charge in [0.25, 0.3) is 0 Å². The molecular formula is C22H28ClN3O5S. The summed E-state index contributed by atoms with van der Waals surface area (Å²) in [6.45, 7) is 7.32. The number of H-pyrrole nitrogens is 1. The fourth-order valence-corrected chi connectivity index (χ4v) is 6.04. The monoisotopic (exact) mass is 481 g/mol. The van der Waals surface area contributed by atoms with E-state index in [4.69, 9.17) is 16.3 Å². The van der Waals surface area contributed by atoms with E-state index in [0.717, 1.165) is 5.56 Å². The highest BCUT2D eigenvalue weighted by molar-refractivity contribution is 7.89. The molecule has 32 heavy (non-hydrogen) atoms. The lowest BCUT2D eigenvalue weighted by Crippen LogP contribution is -2.42. The summed E-state index contributed by atoms with van der Waals surface area (Å²) in [6, 6.07) is 5.28. The number of piperidine rings is 1. The Kier molecular flexibility index (Phi) is 7.32. The van der Waals surface area contributed by atoms with Gasteiger partial charge in [-0.15, -0.1) is 0 Å². The number of carbonyl (C=O) groups excluding carboxylic acids is 2. The molecule has 2 aromatic rings. The molecule has 0 spiro atoms. The van der Waals surface area contributed by atoms with E-state index in [2.05, 4.69) is 10.3 Å². The molecule has 0 bridgehead atoms. The number of hydrogen-bond donors (Lipinski definition) is 2. The summed E-state index contributed by atoms with van der Waals surface area (Å²) in [5, 5.41) is 3.43. The minimum Gasteiger partial charge on any atom is -0.462 e. The molecule has 0 saturated carbocycles. The smallest absolute Gasteiger partial charge is 0.341 e. The second-order valence-corrected chi connectivity index (χ2v) is 10.2. The molecule has 1 aliphatic rings. The number of nitrogens with zero attached hydrogens (tertiary/aromatic N) is 1. The number of aromatic nitrogens is 1. The third kappa shape index (κ3) is 4.84.